The second kappa shape index (κ2) is 7.28. The summed E-state index contributed by atoms with van der Waals surface area (Å²) in [5.74, 6) is -2.08. The molecule has 9 heteroatoms. The third-order valence-corrected chi connectivity index (χ3v) is 3.71. The zero-order chi connectivity index (χ0) is 18.7. The van der Waals surface area contributed by atoms with E-state index in [0.29, 0.717) is 31.8 Å². The van der Waals surface area contributed by atoms with Crippen LogP contribution in [0.1, 0.15) is 22.3 Å². The Kier molecular flexibility index (Phi) is 5.08. The largest absolute Gasteiger partial charge is 0.471 e. The average molecular weight is 370 g/mol. The van der Waals surface area contributed by atoms with Gasteiger partial charge in [0.05, 0.1) is 18.8 Å². The van der Waals surface area contributed by atoms with Gasteiger partial charge >= 0.3 is 6.18 Å². The van der Waals surface area contributed by atoms with Gasteiger partial charge in [-0.1, -0.05) is 0 Å². The topological polar surface area (TPSA) is 60.5 Å². The summed E-state index contributed by atoms with van der Waals surface area (Å²) in [5.41, 5.74) is -1.60. The maximum Gasteiger partial charge on any atom is 0.419 e. The predicted octanol–water partition coefficient (Wildman–Crippen LogP) is 3.66. The second-order valence-electron chi connectivity index (χ2n) is 5.61. The zero-order valence-corrected chi connectivity index (χ0v) is 13.3. The lowest BCUT2D eigenvalue weighted by Crippen LogP contribution is -2.20. The number of hydrogen-bond donors (Lipinski definition) is 1. The Morgan fingerprint density at radius 3 is 2.81 bits per heavy atom. The zero-order valence-electron chi connectivity index (χ0n) is 13.3. The summed E-state index contributed by atoms with van der Waals surface area (Å²) in [7, 11) is 0. The lowest BCUT2D eigenvalue weighted by atomic mass is 10.1. The highest BCUT2D eigenvalue weighted by atomic mass is 19.4. The first kappa shape index (κ1) is 18.1. The number of hydrogen-bond acceptors (Lipinski definition) is 4. The fourth-order valence-electron chi connectivity index (χ4n) is 2.44. The Morgan fingerprint density at radius 1 is 1.31 bits per heavy atom. The van der Waals surface area contributed by atoms with Gasteiger partial charge < -0.3 is 14.8 Å². The predicted molar refractivity (Wildman–Crippen MR) is 83.4 cm³/mol. The molecule has 26 heavy (non-hydrogen) atoms. The summed E-state index contributed by atoms with van der Waals surface area (Å²) in [4.78, 5) is 16.4. The van der Waals surface area contributed by atoms with Crippen molar-refractivity contribution in [3.05, 3.63) is 53.5 Å². The number of pyridine rings is 1. The number of alkyl halides is 3. The van der Waals surface area contributed by atoms with Crippen LogP contribution in [0.2, 0.25) is 0 Å². The summed E-state index contributed by atoms with van der Waals surface area (Å²) in [6.45, 7) is 0.902. The van der Waals surface area contributed by atoms with E-state index in [2.05, 4.69) is 10.3 Å². The molecule has 0 bridgehead atoms. The van der Waals surface area contributed by atoms with Crippen LogP contribution in [0.5, 0.6) is 5.88 Å². The van der Waals surface area contributed by atoms with Gasteiger partial charge in [-0.25, -0.2) is 9.37 Å². The first-order chi connectivity index (χ1) is 12.3. The van der Waals surface area contributed by atoms with Crippen LogP contribution in [-0.2, 0) is 10.9 Å². The molecule has 5 nitrogen and oxygen atoms in total. The quantitative estimate of drug-likeness (QED) is 0.835. The van der Waals surface area contributed by atoms with Crippen LogP contribution in [0, 0.1) is 5.82 Å². The summed E-state index contributed by atoms with van der Waals surface area (Å²) >= 11 is 0. The second-order valence-corrected chi connectivity index (χ2v) is 5.61. The average Bonchev–Trinajstić information content (AvgIpc) is 3.09. The Hall–Kier alpha value is -2.68. The van der Waals surface area contributed by atoms with E-state index in [1.807, 2.05) is 0 Å². The number of nitrogens with zero attached hydrogens (tertiary/aromatic N) is 1. The van der Waals surface area contributed by atoms with Gasteiger partial charge in [-0.2, -0.15) is 13.2 Å². The number of nitrogens with one attached hydrogen (secondary N) is 1. The molecule has 138 valence electrons. The van der Waals surface area contributed by atoms with Crippen LogP contribution in [0.25, 0.3) is 0 Å². The monoisotopic (exact) mass is 370 g/mol. The molecule has 2 heterocycles. The van der Waals surface area contributed by atoms with Gasteiger partial charge in [0.1, 0.15) is 17.5 Å². The minimum atomic E-state index is -4.87. The van der Waals surface area contributed by atoms with Crippen molar-refractivity contribution in [2.75, 3.05) is 18.5 Å². The van der Waals surface area contributed by atoms with Gasteiger partial charge in [0.15, 0.2) is 0 Å². The molecule has 1 aliphatic rings. The van der Waals surface area contributed by atoms with Crippen molar-refractivity contribution in [1.29, 1.82) is 0 Å². The van der Waals surface area contributed by atoms with Crippen LogP contribution in [0.15, 0.2) is 36.5 Å². The van der Waals surface area contributed by atoms with Crippen LogP contribution in [-0.4, -0.2) is 30.2 Å². The highest BCUT2D eigenvalue weighted by Gasteiger charge is 2.34. The molecule has 2 aromatic rings. The Bertz CT molecular complexity index is 805. The number of carbonyl (C=O) groups is 1. The number of amides is 1. The Labute approximate surface area is 145 Å². The van der Waals surface area contributed by atoms with Crippen molar-refractivity contribution in [2.45, 2.75) is 18.7 Å². The van der Waals surface area contributed by atoms with Crippen LogP contribution < -0.4 is 10.1 Å². The highest BCUT2D eigenvalue weighted by molar-refractivity contribution is 6.05. The number of ether oxygens (including phenoxy) is 2. The molecule has 0 saturated carbocycles. The normalized spacial score (nSPS) is 17.2. The van der Waals surface area contributed by atoms with E-state index in [1.165, 1.54) is 18.3 Å². The van der Waals surface area contributed by atoms with Crippen LogP contribution in [0.3, 0.4) is 0 Å². The van der Waals surface area contributed by atoms with E-state index in [0.717, 1.165) is 6.07 Å². The minimum absolute atomic E-state index is 0.0530. The van der Waals surface area contributed by atoms with Crippen LogP contribution in [0.4, 0.5) is 23.2 Å². The molecule has 1 aromatic carbocycles. The molecule has 1 N–H and O–H groups in total. The van der Waals surface area contributed by atoms with Crippen molar-refractivity contribution >= 4 is 11.6 Å². The van der Waals surface area contributed by atoms with Crippen molar-refractivity contribution in [3.63, 3.8) is 0 Å². The van der Waals surface area contributed by atoms with E-state index >= 15 is 0 Å². The van der Waals surface area contributed by atoms with E-state index in [-0.39, 0.29) is 23.2 Å². The summed E-state index contributed by atoms with van der Waals surface area (Å²) < 4.78 is 62.5. The minimum Gasteiger partial charge on any atom is -0.471 e. The van der Waals surface area contributed by atoms with Gasteiger partial charge in [-0.05, 0) is 30.3 Å². The molecular formula is C17H14F4N2O3. The summed E-state index contributed by atoms with van der Waals surface area (Å²) in [6.07, 6.45) is -3.04. The number of rotatable bonds is 4. The highest BCUT2D eigenvalue weighted by Crippen LogP contribution is 2.33. The van der Waals surface area contributed by atoms with E-state index in [1.54, 1.807) is 0 Å². The lowest BCUT2D eigenvalue weighted by molar-refractivity contribution is -0.139. The standard InChI is InChI=1S/C17H14F4N2O3/c18-14-4-3-10(8-13(14)17(19,20)21)23-15(24)12-2-1-6-22-16(12)26-11-5-7-25-9-11/h1-4,6,8,11H,5,7,9H2,(H,23,24). The number of aromatic nitrogens is 1. The number of halogens is 4. The van der Waals surface area contributed by atoms with Gasteiger partial charge in [0, 0.05) is 18.3 Å². The Morgan fingerprint density at radius 2 is 2.12 bits per heavy atom. The van der Waals surface area contributed by atoms with Crippen molar-refractivity contribution in [1.82, 2.24) is 4.98 Å². The number of benzene rings is 1. The summed E-state index contributed by atoms with van der Waals surface area (Å²) in [5, 5.41) is 2.31. The fourth-order valence-corrected chi connectivity index (χ4v) is 2.44. The molecule has 0 radical (unpaired) electrons. The van der Waals surface area contributed by atoms with Crippen molar-refractivity contribution in [3.8, 4) is 5.88 Å². The first-order valence-corrected chi connectivity index (χ1v) is 7.72. The third-order valence-electron chi connectivity index (χ3n) is 3.71. The lowest BCUT2D eigenvalue weighted by Gasteiger charge is -2.15. The van der Waals surface area contributed by atoms with Gasteiger partial charge in [-0.15, -0.1) is 0 Å². The van der Waals surface area contributed by atoms with Crippen LogP contribution >= 0.6 is 0 Å². The molecular weight excluding hydrogens is 356 g/mol. The molecule has 1 saturated heterocycles. The third kappa shape index (κ3) is 4.10. The van der Waals surface area contributed by atoms with Crippen molar-refractivity contribution in [2.24, 2.45) is 0 Å². The van der Waals surface area contributed by atoms with E-state index in [4.69, 9.17) is 9.47 Å². The number of anilines is 1. The fraction of sp³-hybridized carbons (Fsp3) is 0.294. The number of carbonyl (C=O) groups excluding carboxylic acids is 1. The molecule has 1 aromatic heterocycles. The molecule has 3 rings (SSSR count). The first-order valence-electron chi connectivity index (χ1n) is 7.72. The Balaban J connectivity index is 1.80. The molecule has 0 aliphatic carbocycles. The maximum absolute atomic E-state index is 13.3. The maximum atomic E-state index is 13.3. The van der Waals surface area contributed by atoms with E-state index in [9.17, 15) is 22.4 Å². The van der Waals surface area contributed by atoms with Gasteiger partial charge in [0.2, 0.25) is 5.88 Å². The molecule has 1 amide bonds. The SMILES string of the molecule is O=C(Nc1ccc(F)c(C(F)(F)F)c1)c1cccnc1OC1CCOC1. The van der Waals surface area contributed by atoms with Gasteiger partial charge in [0.25, 0.3) is 5.91 Å². The summed E-state index contributed by atoms with van der Waals surface area (Å²) in [6, 6.07) is 5.16. The van der Waals surface area contributed by atoms with Gasteiger partial charge in [-0.3, -0.25) is 4.79 Å². The molecule has 0 spiro atoms. The molecule has 1 aliphatic heterocycles. The smallest absolute Gasteiger partial charge is 0.419 e. The van der Waals surface area contributed by atoms with Crippen molar-refractivity contribution < 1.29 is 31.8 Å². The molecule has 1 unspecified atom stereocenters. The van der Waals surface area contributed by atoms with E-state index < -0.39 is 23.5 Å². The molecule has 1 atom stereocenters. The molecule has 1 fully saturated rings.